The van der Waals surface area contributed by atoms with Crippen LogP contribution in [0.1, 0.15) is 43.2 Å². The molecule has 0 heterocycles. The molecule has 0 amide bonds. The molecule has 0 saturated heterocycles. The summed E-state index contributed by atoms with van der Waals surface area (Å²) < 4.78 is 43.5. The van der Waals surface area contributed by atoms with Gasteiger partial charge < -0.3 is 9.84 Å². The van der Waals surface area contributed by atoms with Gasteiger partial charge in [-0.05, 0) is 43.4 Å². The minimum Gasteiger partial charge on any atom is -0.478 e. The highest BCUT2D eigenvalue weighted by atomic mass is 19.4. The summed E-state index contributed by atoms with van der Waals surface area (Å²) in [5.74, 6) is -2.04. The molecule has 4 nitrogen and oxygen atoms in total. The molecule has 130 valence electrons. The predicted octanol–water partition coefficient (Wildman–Crippen LogP) is 4.05. The van der Waals surface area contributed by atoms with Crippen molar-refractivity contribution in [3.05, 3.63) is 47.5 Å². The Labute approximate surface area is 136 Å². The zero-order chi connectivity index (χ0) is 18.0. The number of carboxylic acids is 1. The maximum absolute atomic E-state index is 12.7. The Morgan fingerprint density at radius 3 is 2.17 bits per heavy atom. The van der Waals surface area contributed by atoms with E-state index in [9.17, 15) is 22.8 Å². The van der Waals surface area contributed by atoms with Crippen molar-refractivity contribution < 1.29 is 32.6 Å². The zero-order valence-electron chi connectivity index (χ0n) is 12.9. The minimum absolute atomic E-state index is 0.291. The van der Waals surface area contributed by atoms with Crippen LogP contribution in [0.5, 0.6) is 0 Å². The van der Waals surface area contributed by atoms with Crippen LogP contribution in [0.25, 0.3) is 0 Å². The molecule has 1 aliphatic rings. The number of benzene rings is 1. The van der Waals surface area contributed by atoms with Gasteiger partial charge >= 0.3 is 18.1 Å². The van der Waals surface area contributed by atoms with Gasteiger partial charge in [0.2, 0.25) is 0 Å². The van der Waals surface area contributed by atoms with Gasteiger partial charge in [0.05, 0.1) is 12.0 Å². The molecule has 24 heavy (non-hydrogen) atoms. The third kappa shape index (κ3) is 3.96. The van der Waals surface area contributed by atoms with E-state index in [0.29, 0.717) is 18.4 Å². The SMILES string of the molecule is C=C(CC(=O)OC1(c2ccc(C(F)(F)F)cc2)CCCC1)C(=O)O. The molecule has 0 bridgehead atoms. The van der Waals surface area contributed by atoms with Crippen LogP contribution in [-0.4, -0.2) is 17.0 Å². The van der Waals surface area contributed by atoms with E-state index in [4.69, 9.17) is 9.84 Å². The lowest BCUT2D eigenvalue weighted by Gasteiger charge is -2.30. The van der Waals surface area contributed by atoms with Gasteiger partial charge in [-0.1, -0.05) is 18.7 Å². The highest BCUT2D eigenvalue weighted by molar-refractivity contribution is 5.91. The van der Waals surface area contributed by atoms with E-state index in [0.717, 1.165) is 25.0 Å². The maximum atomic E-state index is 12.7. The molecule has 1 saturated carbocycles. The highest BCUT2D eigenvalue weighted by Gasteiger charge is 2.40. The van der Waals surface area contributed by atoms with Crippen LogP contribution in [0.3, 0.4) is 0 Å². The number of hydrogen-bond donors (Lipinski definition) is 1. The number of aliphatic carboxylic acids is 1. The van der Waals surface area contributed by atoms with Crippen molar-refractivity contribution in [3.8, 4) is 0 Å². The summed E-state index contributed by atoms with van der Waals surface area (Å²) in [5, 5.41) is 8.77. The van der Waals surface area contributed by atoms with E-state index in [1.54, 1.807) is 0 Å². The van der Waals surface area contributed by atoms with Crippen molar-refractivity contribution in [2.45, 2.75) is 43.9 Å². The summed E-state index contributed by atoms with van der Waals surface area (Å²) >= 11 is 0. The number of alkyl halides is 3. The second kappa shape index (κ2) is 6.67. The largest absolute Gasteiger partial charge is 0.478 e. The van der Waals surface area contributed by atoms with Crippen LogP contribution in [0.4, 0.5) is 13.2 Å². The molecule has 0 atom stereocenters. The van der Waals surface area contributed by atoms with E-state index in [1.165, 1.54) is 12.1 Å². The summed E-state index contributed by atoms with van der Waals surface area (Å²) in [6.07, 6.45) is -2.37. The van der Waals surface area contributed by atoms with Crippen molar-refractivity contribution in [3.63, 3.8) is 0 Å². The van der Waals surface area contributed by atoms with Gasteiger partial charge in [-0.25, -0.2) is 4.79 Å². The number of rotatable bonds is 5. The lowest BCUT2D eigenvalue weighted by molar-refractivity contribution is -0.160. The summed E-state index contributed by atoms with van der Waals surface area (Å²) in [6.45, 7) is 3.28. The number of carboxylic acid groups (broad SMARTS) is 1. The number of carbonyl (C=O) groups excluding carboxylic acids is 1. The Bertz CT molecular complexity index is 641. The molecule has 2 rings (SSSR count). The molecule has 0 aromatic heterocycles. The monoisotopic (exact) mass is 342 g/mol. The first-order valence-electron chi connectivity index (χ1n) is 7.45. The highest BCUT2D eigenvalue weighted by Crippen LogP contribution is 2.43. The van der Waals surface area contributed by atoms with E-state index < -0.39 is 35.7 Å². The Balaban J connectivity index is 2.20. The standard InChI is InChI=1S/C17H17F3O4/c1-11(15(22)23)10-14(21)24-16(8-2-3-9-16)12-4-6-13(7-5-12)17(18,19)20/h4-7H,1-3,8-10H2,(H,22,23). The molecule has 1 aromatic carbocycles. The van der Waals surface area contributed by atoms with Gasteiger partial charge in [0.25, 0.3) is 0 Å². The summed E-state index contributed by atoms with van der Waals surface area (Å²) in [4.78, 5) is 22.7. The van der Waals surface area contributed by atoms with Gasteiger partial charge in [0.15, 0.2) is 0 Å². The van der Waals surface area contributed by atoms with Gasteiger partial charge in [0.1, 0.15) is 5.60 Å². The quantitative estimate of drug-likeness (QED) is 0.648. The molecule has 0 radical (unpaired) electrons. The summed E-state index contributed by atoms with van der Waals surface area (Å²) in [6, 6.07) is 4.54. The Morgan fingerprint density at radius 1 is 1.17 bits per heavy atom. The van der Waals surface area contributed by atoms with Gasteiger partial charge in [-0.15, -0.1) is 0 Å². The fraction of sp³-hybridized carbons (Fsp3) is 0.412. The van der Waals surface area contributed by atoms with Crippen molar-refractivity contribution in [1.29, 1.82) is 0 Å². The molecule has 0 spiro atoms. The predicted molar refractivity (Wildman–Crippen MR) is 79.1 cm³/mol. The smallest absolute Gasteiger partial charge is 0.416 e. The molecule has 1 aromatic rings. The van der Waals surface area contributed by atoms with Crippen LogP contribution in [0, 0.1) is 0 Å². The molecule has 7 heteroatoms. The van der Waals surface area contributed by atoms with Gasteiger partial charge in [-0.3, -0.25) is 4.79 Å². The van der Waals surface area contributed by atoms with E-state index in [1.807, 2.05) is 0 Å². The number of ether oxygens (including phenoxy) is 1. The Hall–Kier alpha value is -2.31. The minimum atomic E-state index is -4.43. The topological polar surface area (TPSA) is 63.6 Å². The van der Waals surface area contributed by atoms with Crippen LogP contribution in [0.15, 0.2) is 36.4 Å². The number of carbonyl (C=O) groups is 2. The summed E-state index contributed by atoms with van der Waals surface area (Å²) in [7, 11) is 0. The van der Waals surface area contributed by atoms with E-state index in [2.05, 4.69) is 6.58 Å². The molecular weight excluding hydrogens is 325 g/mol. The fourth-order valence-corrected chi connectivity index (χ4v) is 2.86. The average molecular weight is 342 g/mol. The molecule has 0 unspecified atom stereocenters. The van der Waals surface area contributed by atoms with Crippen LogP contribution in [-0.2, 0) is 26.1 Å². The molecule has 1 aliphatic carbocycles. The number of hydrogen-bond acceptors (Lipinski definition) is 3. The lowest BCUT2D eigenvalue weighted by Crippen LogP contribution is -2.30. The van der Waals surface area contributed by atoms with Crippen molar-refractivity contribution in [1.82, 2.24) is 0 Å². The zero-order valence-corrected chi connectivity index (χ0v) is 12.9. The fourth-order valence-electron chi connectivity index (χ4n) is 2.86. The molecule has 1 N–H and O–H groups in total. The first-order valence-corrected chi connectivity index (χ1v) is 7.45. The van der Waals surface area contributed by atoms with Gasteiger partial charge in [-0.2, -0.15) is 13.2 Å². The normalized spacial score (nSPS) is 16.6. The maximum Gasteiger partial charge on any atom is 0.416 e. The van der Waals surface area contributed by atoms with Crippen LogP contribution in [0.2, 0.25) is 0 Å². The second-order valence-electron chi connectivity index (χ2n) is 5.84. The number of halogens is 3. The molecule has 1 fully saturated rings. The van der Waals surface area contributed by atoms with E-state index >= 15 is 0 Å². The first kappa shape index (κ1) is 18.0. The van der Waals surface area contributed by atoms with Crippen molar-refractivity contribution in [2.24, 2.45) is 0 Å². The third-order valence-electron chi connectivity index (χ3n) is 4.12. The second-order valence-corrected chi connectivity index (χ2v) is 5.84. The Morgan fingerprint density at radius 2 is 1.71 bits per heavy atom. The first-order chi connectivity index (χ1) is 11.1. The number of esters is 1. The average Bonchev–Trinajstić information content (AvgIpc) is 2.95. The lowest BCUT2D eigenvalue weighted by atomic mass is 9.91. The Kier molecular flexibility index (Phi) is 5.01. The van der Waals surface area contributed by atoms with E-state index in [-0.39, 0.29) is 5.57 Å². The van der Waals surface area contributed by atoms with Crippen molar-refractivity contribution >= 4 is 11.9 Å². The van der Waals surface area contributed by atoms with Gasteiger partial charge in [0, 0.05) is 5.57 Å². The van der Waals surface area contributed by atoms with Crippen LogP contribution >= 0.6 is 0 Å². The molecule has 0 aliphatic heterocycles. The van der Waals surface area contributed by atoms with Crippen LogP contribution < -0.4 is 0 Å². The van der Waals surface area contributed by atoms with Crippen molar-refractivity contribution in [2.75, 3.05) is 0 Å². The summed E-state index contributed by atoms with van der Waals surface area (Å²) in [5.41, 5.74) is -1.58. The third-order valence-corrected chi connectivity index (χ3v) is 4.12. The molecular formula is C17H17F3O4.